The van der Waals surface area contributed by atoms with Gasteiger partial charge in [-0.25, -0.2) is 4.79 Å². The van der Waals surface area contributed by atoms with E-state index in [0.717, 1.165) is 12.8 Å². The number of nitrogens with one attached hydrogen (secondary N) is 1. The van der Waals surface area contributed by atoms with Crippen molar-refractivity contribution in [2.24, 2.45) is 16.7 Å². The lowest BCUT2D eigenvalue weighted by Crippen LogP contribution is -2.56. The van der Waals surface area contributed by atoms with Gasteiger partial charge in [0.15, 0.2) is 0 Å². The predicted molar refractivity (Wildman–Crippen MR) is 95.2 cm³/mol. The number of hydrogen-bond acceptors (Lipinski definition) is 4. The molecule has 0 radical (unpaired) electrons. The lowest BCUT2D eigenvalue weighted by atomic mass is 9.69. The normalized spacial score (nSPS) is 35.1. The number of rotatable bonds is 4. The number of ether oxygens (including phenoxy) is 1. The highest BCUT2D eigenvalue weighted by Gasteiger charge is 2.62. The molecule has 1 saturated heterocycles. The number of nitrogens with zero attached hydrogens (tertiary/aromatic N) is 2. The summed E-state index contributed by atoms with van der Waals surface area (Å²) in [4.78, 5) is 13.3. The molecule has 0 spiro atoms. The Morgan fingerprint density at radius 3 is 2.32 bits per heavy atom. The highest BCUT2D eigenvalue weighted by Crippen LogP contribution is 2.65. The summed E-state index contributed by atoms with van der Waals surface area (Å²) in [5, 5.41) is 0. The van der Waals surface area contributed by atoms with Crippen LogP contribution >= 0.6 is 0 Å². The molecule has 2 aliphatic carbocycles. The van der Waals surface area contributed by atoms with Gasteiger partial charge in [0.2, 0.25) is 0 Å². The van der Waals surface area contributed by atoms with Gasteiger partial charge in [0.05, 0.1) is 6.61 Å². The van der Waals surface area contributed by atoms with Crippen molar-refractivity contribution in [2.45, 2.75) is 53.0 Å². The first kappa shape index (κ1) is 18.9. The number of fused-ring (bicyclic) bond motifs is 2. The first-order valence-corrected chi connectivity index (χ1v) is 10.7. The molecule has 1 aliphatic heterocycles. The highest BCUT2D eigenvalue weighted by atomic mass is 32.2. The zero-order valence-corrected chi connectivity index (χ0v) is 16.6. The summed E-state index contributed by atoms with van der Waals surface area (Å²) >= 11 is 0. The van der Waals surface area contributed by atoms with Crippen molar-refractivity contribution in [3.05, 3.63) is 0 Å². The van der Waals surface area contributed by atoms with Crippen molar-refractivity contribution in [2.75, 3.05) is 32.8 Å². The number of carbonyl (C=O) groups is 1. The van der Waals surface area contributed by atoms with Gasteiger partial charge in [-0.15, -0.1) is 0 Å². The lowest BCUT2D eigenvalue weighted by Gasteiger charge is -2.40. The standard InChI is InChI=1S/C17H31N3O4S/c1-5-24-15(21)19-8-10-20(11-9-19)25(22,23)18-14-12-13-6-7-17(14,4)16(13,2)3/h13-14,18H,5-12H2,1-4H3. The predicted octanol–water partition coefficient (Wildman–Crippen LogP) is 1.81. The average molecular weight is 374 g/mol. The van der Waals surface area contributed by atoms with Crippen molar-refractivity contribution in [3.63, 3.8) is 0 Å². The average Bonchev–Trinajstić information content (AvgIpc) is 2.88. The summed E-state index contributed by atoms with van der Waals surface area (Å²) in [6.45, 7) is 10.2. The molecule has 3 fully saturated rings. The van der Waals surface area contributed by atoms with E-state index in [2.05, 4.69) is 25.5 Å². The van der Waals surface area contributed by atoms with E-state index in [0.29, 0.717) is 38.7 Å². The van der Waals surface area contributed by atoms with Crippen LogP contribution in [0.4, 0.5) is 4.79 Å². The first-order valence-electron chi connectivity index (χ1n) is 9.31. The summed E-state index contributed by atoms with van der Waals surface area (Å²) in [5.41, 5.74) is 0.181. The number of carbonyl (C=O) groups excluding carboxylic acids is 1. The van der Waals surface area contributed by atoms with E-state index in [1.54, 1.807) is 11.8 Å². The largest absolute Gasteiger partial charge is 0.450 e. The van der Waals surface area contributed by atoms with E-state index < -0.39 is 10.2 Å². The van der Waals surface area contributed by atoms with Crippen LogP contribution in [-0.2, 0) is 14.9 Å². The summed E-state index contributed by atoms with van der Waals surface area (Å²) in [5.74, 6) is 0.589. The van der Waals surface area contributed by atoms with Crippen molar-refractivity contribution in [3.8, 4) is 0 Å². The zero-order chi connectivity index (χ0) is 18.5. The Kier molecular flexibility index (Phi) is 4.83. The molecule has 7 nitrogen and oxygen atoms in total. The molecule has 144 valence electrons. The molecule has 8 heteroatoms. The molecule has 1 heterocycles. The minimum Gasteiger partial charge on any atom is -0.450 e. The fourth-order valence-corrected chi connectivity index (χ4v) is 6.47. The van der Waals surface area contributed by atoms with E-state index in [-0.39, 0.29) is 23.0 Å². The Bertz CT molecular complexity index is 628. The minimum atomic E-state index is -3.53. The Morgan fingerprint density at radius 1 is 1.20 bits per heavy atom. The Morgan fingerprint density at radius 2 is 1.84 bits per heavy atom. The lowest BCUT2D eigenvalue weighted by molar-refractivity contribution is 0.0926. The van der Waals surface area contributed by atoms with Gasteiger partial charge in [-0.2, -0.15) is 17.4 Å². The van der Waals surface area contributed by atoms with Crippen molar-refractivity contribution < 1.29 is 17.9 Å². The van der Waals surface area contributed by atoms with Gasteiger partial charge in [-0.05, 0) is 42.9 Å². The molecule has 1 amide bonds. The number of piperazine rings is 1. The third kappa shape index (κ3) is 3.06. The number of hydrogen-bond donors (Lipinski definition) is 1. The number of amides is 1. The summed E-state index contributed by atoms with van der Waals surface area (Å²) in [6.07, 6.45) is 2.83. The molecule has 0 aromatic rings. The molecule has 2 bridgehead atoms. The van der Waals surface area contributed by atoms with Gasteiger partial charge in [-0.3, -0.25) is 0 Å². The second-order valence-electron chi connectivity index (χ2n) is 8.37. The van der Waals surface area contributed by atoms with Gasteiger partial charge >= 0.3 is 6.09 Å². The van der Waals surface area contributed by atoms with E-state index in [4.69, 9.17) is 4.74 Å². The van der Waals surface area contributed by atoms with E-state index in [9.17, 15) is 13.2 Å². The molecular formula is C17H31N3O4S. The maximum atomic E-state index is 12.9. The van der Waals surface area contributed by atoms with Crippen molar-refractivity contribution in [1.82, 2.24) is 13.9 Å². The summed E-state index contributed by atoms with van der Waals surface area (Å²) < 4.78 is 35.1. The molecule has 3 atom stereocenters. The van der Waals surface area contributed by atoms with Gasteiger partial charge in [-0.1, -0.05) is 20.8 Å². The Labute approximate surface area is 151 Å². The monoisotopic (exact) mass is 373 g/mol. The quantitative estimate of drug-likeness (QED) is 0.815. The van der Waals surface area contributed by atoms with Gasteiger partial charge < -0.3 is 9.64 Å². The smallest absolute Gasteiger partial charge is 0.409 e. The summed E-state index contributed by atoms with van der Waals surface area (Å²) in [6, 6.07) is -0.00524. The van der Waals surface area contributed by atoms with Crippen molar-refractivity contribution >= 4 is 16.3 Å². The first-order chi connectivity index (χ1) is 11.6. The van der Waals surface area contributed by atoms with E-state index in [1.807, 2.05) is 0 Å². The fourth-order valence-electron chi connectivity index (χ4n) is 4.96. The minimum absolute atomic E-state index is 0.00524. The molecule has 1 N–H and O–H groups in total. The van der Waals surface area contributed by atoms with Crippen LogP contribution in [0.2, 0.25) is 0 Å². The van der Waals surface area contributed by atoms with Crippen LogP contribution < -0.4 is 4.72 Å². The Hall–Kier alpha value is -0.860. The molecule has 25 heavy (non-hydrogen) atoms. The van der Waals surface area contributed by atoms with Crippen LogP contribution in [0.5, 0.6) is 0 Å². The molecule has 2 saturated carbocycles. The SMILES string of the molecule is CCOC(=O)N1CCN(S(=O)(=O)NC2CC3CCC2(C)C3(C)C)CC1. The van der Waals surface area contributed by atoms with Gasteiger partial charge in [0, 0.05) is 32.2 Å². The second kappa shape index (κ2) is 6.39. The molecule has 3 unspecified atom stereocenters. The zero-order valence-electron chi connectivity index (χ0n) is 15.7. The van der Waals surface area contributed by atoms with Crippen LogP contribution in [0.3, 0.4) is 0 Å². The molecule has 3 rings (SSSR count). The second-order valence-corrected chi connectivity index (χ2v) is 10.1. The van der Waals surface area contributed by atoms with E-state index >= 15 is 0 Å². The Balaban J connectivity index is 1.62. The van der Waals surface area contributed by atoms with Crippen LogP contribution in [-0.4, -0.2) is 62.5 Å². The van der Waals surface area contributed by atoms with Crippen LogP contribution in [0.25, 0.3) is 0 Å². The third-order valence-electron chi connectivity index (χ3n) is 7.19. The summed E-state index contributed by atoms with van der Waals surface area (Å²) in [7, 11) is -3.53. The molecule has 3 aliphatic rings. The van der Waals surface area contributed by atoms with Gasteiger partial charge in [0.25, 0.3) is 10.2 Å². The molecular weight excluding hydrogens is 342 g/mol. The molecule has 0 aromatic carbocycles. The highest BCUT2D eigenvalue weighted by molar-refractivity contribution is 7.87. The van der Waals surface area contributed by atoms with Crippen molar-refractivity contribution in [1.29, 1.82) is 0 Å². The third-order valence-corrected chi connectivity index (χ3v) is 8.82. The topological polar surface area (TPSA) is 79.0 Å². The maximum absolute atomic E-state index is 12.9. The van der Waals surface area contributed by atoms with E-state index in [1.165, 1.54) is 10.7 Å². The maximum Gasteiger partial charge on any atom is 0.409 e. The fraction of sp³-hybridized carbons (Fsp3) is 0.941. The van der Waals surface area contributed by atoms with Crippen LogP contribution in [0.15, 0.2) is 0 Å². The van der Waals surface area contributed by atoms with Crippen LogP contribution in [0.1, 0.15) is 47.0 Å². The molecule has 0 aromatic heterocycles. The van der Waals surface area contributed by atoms with Gasteiger partial charge in [0.1, 0.15) is 0 Å². The van der Waals surface area contributed by atoms with Crippen LogP contribution in [0, 0.1) is 16.7 Å².